The minimum atomic E-state index is -0.263. The summed E-state index contributed by atoms with van der Waals surface area (Å²) >= 11 is 6.40. The van der Waals surface area contributed by atoms with Gasteiger partial charge in [0.1, 0.15) is 12.4 Å². The fourth-order valence-electron chi connectivity index (χ4n) is 2.63. The molecule has 0 heterocycles. The van der Waals surface area contributed by atoms with Crippen molar-refractivity contribution >= 4 is 11.6 Å². The van der Waals surface area contributed by atoms with E-state index in [4.69, 9.17) is 21.1 Å². The van der Waals surface area contributed by atoms with Gasteiger partial charge in [-0.25, -0.2) is 4.39 Å². The van der Waals surface area contributed by atoms with Crippen LogP contribution in [0.25, 0.3) is 0 Å². The van der Waals surface area contributed by atoms with Crippen LogP contribution in [-0.2, 0) is 13.2 Å². The molecule has 0 saturated heterocycles. The van der Waals surface area contributed by atoms with E-state index in [1.165, 1.54) is 37.8 Å². The highest BCUT2D eigenvalue weighted by Crippen LogP contribution is 2.34. The fourth-order valence-corrected chi connectivity index (χ4v) is 2.85. The lowest BCUT2D eigenvalue weighted by Gasteiger charge is -2.14. The lowest BCUT2D eigenvalue weighted by molar-refractivity contribution is 0.284. The van der Waals surface area contributed by atoms with Crippen LogP contribution in [0.1, 0.15) is 43.7 Å². The van der Waals surface area contributed by atoms with Crippen LogP contribution in [0.15, 0.2) is 36.4 Å². The minimum Gasteiger partial charge on any atom is -0.493 e. The molecule has 0 aliphatic rings. The van der Waals surface area contributed by atoms with E-state index >= 15 is 0 Å². The number of hydrogen-bond donors (Lipinski definition) is 1. The summed E-state index contributed by atoms with van der Waals surface area (Å²) in [5, 5.41) is 4.06. The molecule has 0 amide bonds. The van der Waals surface area contributed by atoms with Gasteiger partial charge >= 0.3 is 0 Å². The molecule has 3 nitrogen and oxygen atoms in total. The molecule has 0 aliphatic heterocycles. The van der Waals surface area contributed by atoms with Crippen LogP contribution in [0.4, 0.5) is 4.39 Å². The summed E-state index contributed by atoms with van der Waals surface area (Å²) in [6, 6.07) is 9.90. The maximum Gasteiger partial charge on any atom is 0.163 e. The van der Waals surface area contributed by atoms with Crippen LogP contribution in [0.3, 0.4) is 0 Å². The van der Waals surface area contributed by atoms with Crippen molar-refractivity contribution < 1.29 is 13.9 Å². The third-order valence-corrected chi connectivity index (χ3v) is 4.51. The third-order valence-electron chi connectivity index (χ3n) is 4.16. The Kier molecular flexibility index (Phi) is 8.72. The van der Waals surface area contributed by atoms with Crippen LogP contribution in [0.2, 0.25) is 5.02 Å². The molecular weight excluding hydrogens is 353 g/mol. The van der Waals surface area contributed by atoms with Crippen molar-refractivity contribution in [3.8, 4) is 11.5 Å². The smallest absolute Gasteiger partial charge is 0.163 e. The Balaban J connectivity index is 1.93. The maximum atomic E-state index is 13.0. The van der Waals surface area contributed by atoms with Crippen LogP contribution >= 0.6 is 11.6 Å². The molecule has 142 valence electrons. The fraction of sp³-hybridized carbons (Fsp3) is 0.429. The summed E-state index contributed by atoms with van der Waals surface area (Å²) in [6.07, 6.45) is 4.93. The van der Waals surface area contributed by atoms with E-state index in [9.17, 15) is 4.39 Å². The number of methoxy groups -OCH3 is 1. The Labute approximate surface area is 160 Å². The van der Waals surface area contributed by atoms with Crippen molar-refractivity contribution in [2.75, 3.05) is 13.7 Å². The number of benzene rings is 2. The lowest BCUT2D eigenvalue weighted by atomic mass is 10.1. The molecule has 0 unspecified atom stereocenters. The average molecular weight is 380 g/mol. The number of hydrogen-bond acceptors (Lipinski definition) is 3. The van der Waals surface area contributed by atoms with Crippen molar-refractivity contribution in [1.82, 2.24) is 5.32 Å². The zero-order valence-corrected chi connectivity index (χ0v) is 16.2. The van der Waals surface area contributed by atoms with E-state index in [0.717, 1.165) is 17.7 Å². The monoisotopic (exact) mass is 379 g/mol. The Morgan fingerprint density at radius 1 is 1.04 bits per heavy atom. The Hall–Kier alpha value is -1.78. The molecular formula is C21H27ClFNO2. The van der Waals surface area contributed by atoms with Crippen molar-refractivity contribution in [3.63, 3.8) is 0 Å². The summed E-state index contributed by atoms with van der Waals surface area (Å²) in [7, 11) is 1.61. The highest BCUT2D eigenvalue weighted by Gasteiger charge is 2.11. The zero-order valence-electron chi connectivity index (χ0n) is 15.5. The molecule has 0 saturated carbocycles. The van der Waals surface area contributed by atoms with Crippen LogP contribution in [-0.4, -0.2) is 13.7 Å². The largest absolute Gasteiger partial charge is 0.493 e. The standard InChI is InChI=1S/C21H27ClFNO2/c1-3-4-5-6-11-24-14-17-12-20(25-2)21(13-19(17)22)26-15-16-7-9-18(23)10-8-16/h7-10,12-13,24H,3-6,11,14-15H2,1-2H3. The molecule has 2 rings (SSSR count). The van der Waals surface area contributed by atoms with Gasteiger partial charge in [-0.2, -0.15) is 0 Å². The van der Waals surface area contributed by atoms with Gasteiger partial charge in [0.25, 0.3) is 0 Å². The molecule has 2 aromatic rings. The Bertz CT molecular complexity index is 676. The number of nitrogens with one attached hydrogen (secondary N) is 1. The first-order valence-electron chi connectivity index (χ1n) is 9.08. The molecule has 0 radical (unpaired) electrons. The molecule has 26 heavy (non-hydrogen) atoms. The second-order valence-electron chi connectivity index (χ2n) is 6.25. The first kappa shape index (κ1) is 20.5. The predicted molar refractivity (Wildman–Crippen MR) is 105 cm³/mol. The van der Waals surface area contributed by atoms with Crippen LogP contribution in [0, 0.1) is 5.82 Å². The van der Waals surface area contributed by atoms with Crippen molar-refractivity contribution in [2.24, 2.45) is 0 Å². The Morgan fingerprint density at radius 2 is 1.81 bits per heavy atom. The van der Waals surface area contributed by atoms with E-state index < -0.39 is 0 Å². The van der Waals surface area contributed by atoms with E-state index in [0.29, 0.717) is 29.7 Å². The molecule has 1 N–H and O–H groups in total. The number of rotatable bonds is 11. The zero-order chi connectivity index (χ0) is 18.8. The first-order valence-corrected chi connectivity index (χ1v) is 9.46. The maximum absolute atomic E-state index is 13.0. The molecule has 0 atom stereocenters. The summed E-state index contributed by atoms with van der Waals surface area (Å²) in [4.78, 5) is 0. The van der Waals surface area contributed by atoms with E-state index in [1.807, 2.05) is 6.07 Å². The normalized spacial score (nSPS) is 10.8. The van der Waals surface area contributed by atoms with Gasteiger partial charge < -0.3 is 14.8 Å². The molecule has 0 aromatic heterocycles. The second-order valence-corrected chi connectivity index (χ2v) is 6.65. The molecule has 0 aliphatic carbocycles. The van der Waals surface area contributed by atoms with Gasteiger partial charge in [-0.05, 0) is 42.3 Å². The van der Waals surface area contributed by atoms with E-state index in [-0.39, 0.29) is 5.82 Å². The summed E-state index contributed by atoms with van der Waals surface area (Å²) < 4.78 is 24.2. The Morgan fingerprint density at radius 3 is 2.50 bits per heavy atom. The summed E-state index contributed by atoms with van der Waals surface area (Å²) in [5.74, 6) is 0.953. The van der Waals surface area contributed by atoms with Gasteiger partial charge in [0.2, 0.25) is 0 Å². The summed E-state index contributed by atoms with van der Waals surface area (Å²) in [5.41, 5.74) is 1.86. The summed E-state index contributed by atoms with van der Waals surface area (Å²) in [6.45, 7) is 4.20. The lowest BCUT2D eigenvalue weighted by Crippen LogP contribution is -2.15. The number of ether oxygens (including phenoxy) is 2. The SMILES string of the molecule is CCCCCCNCc1cc(OC)c(OCc2ccc(F)cc2)cc1Cl. The molecule has 0 bridgehead atoms. The van der Waals surface area contributed by atoms with E-state index in [1.54, 1.807) is 25.3 Å². The van der Waals surface area contributed by atoms with Gasteiger partial charge in [-0.15, -0.1) is 0 Å². The van der Waals surface area contributed by atoms with Gasteiger partial charge in [-0.1, -0.05) is 49.9 Å². The molecule has 0 fully saturated rings. The van der Waals surface area contributed by atoms with E-state index in [2.05, 4.69) is 12.2 Å². The quantitative estimate of drug-likeness (QED) is 0.505. The third kappa shape index (κ3) is 6.50. The number of unbranched alkanes of at least 4 members (excludes halogenated alkanes) is 3. The average Bonchev–Trinajstić information content (AvgIpc) is 2.65. The second kappa shape index (κ2) is 11.0. The molecule has 2 aromatic carbocycles. The predicted octanol–water partition coefficient (Wildman–Crippen LogP) is 5.74. The topological polar surface area (TPSA) is 30.5 Å². The highest BCUT2D eigenvalue weighted by molar-refractivity contribution is 6.31. The van der Waals surface area contributed by atoms with Crippen molar-refractivity contribution in [3.05, 3.63) is 58.4 Å². The van der Waals surface area contributed by atoms with Gasteiger partial charge in [0.15, 0.2) is 11.5 Å². The van der Waals surface area contributed by atoms with Crippen LogP contribution < -0.4 is 14.8 Å². The van der Waals surface area contributed by atoms with Gasteiger partial charge in [-0.3, -0.25) is 0 Å². The van der Waals surface area contributed by atoms with Gasteiger partial charge in [0.05, 0.1) is 7.11 Å². The van der Waals surface area contributed by atoms with Crippen molar-refractivity contribution in [2.45, 2.75) is 45.8 Å². The highest BCUT2D eigenvalue weighted by atomic mass is 35.5. The van der Waals surface area contributed by atoms with Gasteiger partial charge in [0, 0.05) is 17.6 Å². The first-order chi connectivity index (χ1) is 12.6. The molecule has 5 heteroatoms. The minimum absolute atomic E-state index is 0.263. The van der Waals surface area contributed by atoms with Crippen LogP contribution in [0.5, 0.6) is 11.5 Å². The molecule has 0 spiro atoms. The number of halogens is 2. The van der Waals surface area contributed by atoms with Crippen molar-refractivity contribution in [1.29, 1.82) is 0 Å².